The van der Waals surface area contributed by atoms with Crippen molar-refractivity contribution >= 4 is 27.5 Å². The molecule has 20 heavy (non-hydrogen) atoms. The number of hydrogen-bond donors (Lipinski definition) is 0. The maximum atomic E-state index is 14.0. The van der Waals surface area contributed by atoms with Gasteiger partial charge in [-0.15, -0.1) is 11.6 Å². The Kier molecular flexibility index (Phi) is 5.26. The normalized spacial score (nSPS) is 10.4. The lowest BCUT2D eigenvalue weighted by Gasteiger charge is -2.13. The number of rotatable bonds is 5. The van der Waals surface area contributed by atoms with Gasteiger partial charge in [-0.25, -0.2) is 4.39 Å². The molecular formula is C15H13BrClFO2. The van der Waals surface area contributed by atoms with Crippen LogP contribution in [0.2, 0.25) is 0 Å². The largest absolute Gasteiger partial charge is 0.494 e. The van der Waals surface area contributed by atoms with Crippen LogP contribution in [0.1, 0.15) is 11.1 Å². The average Bonchev–Trinajstić information content (AvgIpc) is 2.47. The Morgan fingerprint density at radius 1 is 1.15 bits per heavy atom. The van der Waals surface area contributed by atoms with Gasteiger partial charge in [-0.3, -0.25) is 0 Å². The molecule has 2 nitrogen and oxygen atoms in total. The molecule has 0 spiro atoms. The van der Waals surface area contributed by atoms with Crippen LogP contribution < -0.4 is 9.47 Å². The first-order valence-electron chi connectivity index (χ1n) is 5.95. The van der Waals surface area contributed by atoms with Gasteiger partial charge in [0.1, 0.15) is 12.4 Å². The van der Waals surface area contributed by atoms with Gasteiger partial charge in [0.15, 0.2) is 11.6 Å². The van der Waals surface area contributed by atoms with E-state index in [1.807, 2.05) is 18.2 Å². The zero-order valence-electron chi connectivity index (χ0n) is 10.8. The molecule has 2 aromatic rings. The van der Waals surface area contributed by atoms with Crippen LogP contribution >= 0.6 is 27.5 Å². The van der Waals surface area contributed by atoms with E-state index in [1.54, 1.807) is 18.2 Å². The van der Waals surface area contributed by atoms with Gasteiger partial charge in [0.2, 0.25) is 0 Å². The highest BCUT2D eigenvalue weighted by Gasteiger charge is 2.11. The van der Waals surface area contributed by atoms with Gasteiger partial charge in [-0.2, -0.15) is 0 Å². The summed E-state index contributed by atoms with van der Waals surface area (Å²) in [4.78, 5) is 0. The lowest BCUT2D eigenvalue weighted by atomic mass is 10.2. The van der Waals surface area contributed by atoms with Crippen molar-refractivity contribution in [2.75, 3.05) is 7.11 Å². The summed E-state index contributed by atoms with van der Waals surface area (Å²) in [7, 11) is 1.43. The highest BCUT2D eigenvalue weighted by atomic mass is 79.9. The molecule has 5 heteroatoms. The summed E-state index contributed by atoms with van der Waals surface area (Å²) >= 11 is 9.28. The second kappa shape index (κ2) is 6.95. The van der Waals surface area contributed by atoms with Crippen molar-refractivity contribution < 1.29 is 13.9 Å². The van der Waals surface area contributed by atoms with Gasteiger partial charge < -0.3 is 9.47 Å². The first-order chi connectivity index (χ1) is 9.67. The third kappa shape index (κ3) is 3.25. The minimum absolute atomic E-state index is 0.107. The second-order valence-corrected chi connectivity index (χ2v) is 5.21. The van der Waals surface area contributed by atoms with E-state index in [9.17, 15) is 4.39 Å². The molecule has 0 heterocycles. The maximum Gasteiger partial charge on any atom is 0.171 e. The van der Waals surface area contributed by atoms with E-state index >= 15 is 0 Å². The molecular weight excluding hydrogens is 347 g/mol. The molecule has 0 radical (unpaired) electrons. The quantitative estimate of drug-likeness (QED) is 0.706. The van der Waals surface area contributed by atoms with Gasteiger partial charge in [0.25, 0.3) is 0 Å². The highest BCUT2D eigenvalue weighted by Crippen LogP contribution is 2.31. The Bertz CT molecular complexity index is 604. The van der Waals surface area contributed by atoms with Crippen LogP contribution in [0.4, 0.5) is 4.39 Å². The van der Waals surface area contributed by atoms with Gasteiger partial charge in [0, 0.05) is 11.1 Å². The Balaban J connectivity index is 2.21. The summed E-state index contributed by atoms with van der Waals surface area (Å²) in [5.41, 5.74) is 1.28. The van der Waals surface area contributed by atoms with E-state index in [1.165, 1.54) is 7.11 Å². The molecule has 0 unspecified atom stereocenters. The molecule has 106 valence electrons. The SMILES string of the molecule is COc1cccc(COc2c(Br)cccc2CCl)c1F. The molecule has 0 amide bonds. The fourth-order valence-electron chi connectivity index (χ4n) is 1.80. The molecule has 0 fully saturated rings. The van der Waals surface area contributed by atoms with Crippen LogP contribution in [0.15, 0.2) is 40.9 Å². The van der Waals surface area contributed by atoms with Crippen molar-refractivity contribution in [3.63, 3.8) is 0 Å². The summed E-state index contributed by atoms with van der Waals surface area (Å²) in [5.74, 6) is 0.755. The van der Waals surface area contributed by atoms with Crippen molar-refractivity contribution in [3.8, 4) is 11.5 Å². The van der Waals surface area contributed by atoms with Gasteiger partial charge in [-0.1, -0.05) is 24.3 Å². The van der Waals surface area contributed by atoms with Crippen LogP contribution in [0.25, 0.3) is 0 Å². The van der Waals surface area contributed by atoms with E-state index in [2.05, 4.69) is 15.9 Å². The van der Waals surface area contributed by atoms with Crippen molar-refractivity contribution in [3.05, 3.63) is 57.8 Å². The Labute approximate surface area is 130 Å². The fourth-order valence-corrected chi connectivity index (χ4v) is 2.53. The van der Waals surface area contributed by atoms with E-state index in [-0.39, 0.29) is 12.4 Å². The number of methoxy groups -OCH3 is 1. The van der Waals surface area contributed by atoms with Crippen LogP contribution in [0.5, 0.6) is 11.5 Å². The van der Waals surface area contributed by atoms with Gasteiger partial charge in [0.05, 0.1) is 17.5 Å². The van der Waals surface area contributed by atoms with Crippen LogP contribution in [0, 0.1) is 5.82 Å². The van der Waals surface area contributed by atoms with Crippen LogP contribution in [0.3, 0.4) is 0 Å². The minimum Gasteiger partial charge on any atom is -0.494 e. The summed E-state index contributed by atoms with van der Waals surface area (Å²) in [5, 5.41) is 0. The predicted molar refractivity (Wildman–Crippen MR) is 81.0 cm³/mol. The van der Waals surface area contributed by atoms with E-state index in [4.69, 9.17) is 21.1 Å². The van der Waals surface area contributed by atoms with Crippen molar-refractivity contribution in [2.24, 2.45) is 0 Å². The van der Waals surface area contributed by atoms with Crippen molar-refractivity contribution in [1.29, 1.82) is 0 Å². The summed E-state index contributed by atoms with van der Waals surface area (Å²) < 4.78 is 25.5. The van der Waals surface area contributed by atoms with Gasteiger partial charge >= 0.3 is 0 Å². The number of hydrogen-bond acceptors (Lipinski definition) is 2. The smallest absolute Gasteiger partial charge is 0.171 e. The summed E-state index contributed by atoms with van der Waals surface area (Å²) in [6.07, 6.45) is 0. The highest BCUT2D eigenvalue weighted by molar-refractivity contribution is 9.10. The zero-order valence-corrected chi connectivity index (χ0v) is 13.2. The van der Waals surface area contributed by atoms with E-state index < -0.39 is 5.82 Å². The average molecular weight is 360 g/mol. The molecule has 0 aliphatic rings. The molecule has 0 N–H and O–H groups in total. The third-order valence-corrected chi connectivity index (χ3v) is 3.74. The predicted octanol–water partition coefficient (Wildman–Crippen LogP) is 4.91. The van der Waals surface area contributed by atoms with Crippen molar-refractivity contribution in [1.82, 2.24) is 0 Å². The topological polar surface area (TPSA) is 18.5 Å². The number of benzene rings is 2. The standard InChI is InChI=1S/C15H13BrClFO2/c1-19-13-7-3-5-11(14(13)18)9-20-15-10(8-17)4-2-6-12(15)16/h2-7H,8-9H2,1H3. The molecule has 0 atom stereocenters. The molecule has 0 saturated carbocycles. The Hall–Kier alpha value is -1.26. The monoisotopic (exact) mass is 358 g/mol. The van der Waals surface area contributed by atoms with Crippen molar-refractivity contribution in [2.45, 2.75) is 12.5 Å². The molecule has 2 rings (SSSR count). The van der Waals surface area contributed by atoms with E-state index in [0.717, 1.165) is 10.0 Å². The number of para-hydroxylation sites is 1. The number of ether oxygens (including phenoxy) is 2. The first-order valence-corrected chi connectivity index (χ1v) is 7.27. The zero-order chi connectivity index (χ0) is 14.5. The maximum absolute atomic E-state index is 14.0. The molecule has 0 saturated heterocycles. The fraction of sp³-hybridized carbons (Fsp3) is 0.200. The number of alkyl halides is 1. The lowest BCUT2D eigenvalue weighted by Crippen LogP contribution is -2.02. The summed E-state index contributed by atoms with van der Waals surface area (Å²) in [6, 6.07) is 10.6. The number of halogens is 3. The first kappa shape index (κ1) is 15.1. The molecule has 2 aromatic carbocycles. The Morgan fingerprint density at radius 2 is 1.85 bits per heavy atom. The molecule has 0 bridgehead atoms. The minimum atomic E-state index is -0.408. The molecule has 0 aromatic heterocycles. The lowest BCUT2D eigenvalue weighted by molar-refractivity contribution is 0.292. The molecule has 0 aliphatic carbocycles. The van der Waals surface area contributed by atoms with Crippen LogP contribution in [-0.4, -0.2) is 7.11 Å². The Morgan fingerprint density at radius 3 is 2.55 bits per heavy atom. The molecule has 0 aliphatic heterocycles. The van der Waals surface area contributed by atoms with Crippen LogP contribution in [-0.2, 0) is 12.5 Å². The van der Waals surface area contributed by atoms with Gasteiger partial charge in [-0.05, 0) is 28.1 Å². The second-order valence-electron chi connectivity index (χ2n) is 4.08. The summed E-state index contributed by atoms with van der Waals surface area (Å²) in [6.45, 7) is 0.107. The van der Waals surface area contributed by atoms with E-state index in [0.29, 0.717) is 17.2 Å². The third-order valence-electron chi connectivity index (χ3n) is 2.83.